The zero-order chi connectivity index (χ0) is 25.8. The summed E-state index contributed by atoms with van der Waals surface area (Å²) < 4.78 is 0. The van der Waals surface area contributed by atoms with Crippen LogP contribution in [0.5, 0.6) is 0 Å². The number of aliphatic hydroxyl groups is 1. The Morgan fingerprint density at radius 2 is 1.57 bits per heavy atom. The molecule has 1 heterocycles. The van der Waals surface area contributed by atoms with Crippen LogP contribution in [-0.2, 0) is 31.3 Å². The fourth-order valence-electron chi connectivity index (χ4n) is 3.42. The molecule has 1 N–H and O–H groups in total. The third-order valence-corrected chi connectivity index (χ3v) is 5.61. The summed E-state index contributed by atoms with van der Waals surface area (Å²) in [4.78, 5) is 16.4. The van der Waals surface area contributed by atoms with Crippen LogP contribution in [0.15, 0.2) is 48.2 Å². The monoisotopic (exact) mass is 651 g/mol. The van der Waals surface area contributed by atoms with E-state index in [0.29, 0.717) is 0 Å². The number of aryl methyl sites for hydroxylation is 4. The molecule has 0 aliphatic rings. The largest absolute Gasteiger partial charge is 0.512 e. The molecule has 1 radical (unpaired) electrons. The van der Waals surface area contributed by atoms with Gasteiger partial charge in [0.25, 0.3) is 0 Å². The summed E-state index contributed by atoms with van der Waals surface area (Å²) >= 11 is 0. The quantitative estimate of drug-likeness (QED) is 0.176. The molecule has 0 bridgehead atoms. The first-order valence-corrected chi connectivity index (χ1v) is 12.0. The number of hydrogen-bond donors (Lipinski definition) is 1. The zero-order valence-electron chi connectivity index (χ0n) is 22.9. The number of fused-ring (bicyclic) bond motifs is 1. The molecule has 3 rings (SSSR count). The molecule has 0 fully saturated rings. The summed E-state index contributed by atoms with van der Waals surface area (Å²) in [6.45, 7) is 19.6. The number of pyridine rings is 1. The molecule has 0 unspecified atom stereocenters. The predicted molar refractivity (Wildman–Crippen MR) is 144 cm³/mol. The van der Waals surface area contributed by atoms with Crippen LogP contribution in [0.2, 0.25) is 0 Å². The fraction of sp³-hybridized carbons (Fsp3) is 0.419. The first kappa shape index (κ1) is 30.7. The van der Waals surface area contributed by atoms with Crippen molar-refractivity contribution in [1.82, 2.24) is 4.98 Å². The molecule has 3 aromatic rings. The molecule has 0 aliphatic heterocycles. The number of carbonyl (C=O) groups excluding carboxylic acids is 1. The van der Waals surface area contributed by atoms with Gasteiger partial charge in [-0.2, -0.15) is 0 Å². The molecule has 0 atom stereocenters. The van der Waals surface area contributed by atoms with E-state index in [1.165, 1.54) is 28.2 Å². The summed E-state index contributed by atoms with van der Waals surface area (Å²) in [5.41, 5.74) is 7.45. The maximum Gasteiger partial charge on any atom is 0.164 e. The summed E-state index contributed by atoms with van der Waals surface area (Å²) in [7, 11) is 0. The van der Waals surface area contributed by atoms with Crippen LogP contribution in [0.1, 0.15) is 70.7 Å². The Hall–Kier alpha value is -2.29. The van der Waals surface area contributed by atoms with Crippen molar-refractivity contribution in [3.8, 4) is 11.3 Å². The first-order chi connectivity index (χ1) is 15.6. The Kier molecular flexibility index (Phi) is 10.6. The topological polar surface area (TPSA) is 50.2 Å². The molecule has 0 saturated carbocycles. The van der Waals surface area contributed by atoms with Crippen LogP contribution in [0.3, 0.4) is 0 Å². The number of aromatic nitrogens is 1. The first-order valence-electron chi connectivity index (χ1n) is 12.0. The number of hydrogen-bond acceptors (Lipinski definition) is 3. The van der Waals surface area contributed by atoms with Gasteiger partial charge in [-0.25, -0.2) is 0 Å². The van der Waals surface area contributed by atoms with Crippen LogP contribution in [0.25, 0.3) is 22.2 Å². The molecule has 1 aromatic heterocycles. The van der Waals surface area contributed by atoms with Crippen molar-refractivity contribution in [1.29, 1.82) is 0 Å². The molecular weight excluding hydrogens is 611 g/mol. The Morgan fingerprint density at radius 3 is 2.09 bits per heavy atom. The molecule has 2 aromatic carbocycles. The Labute approximate surface area is 225 Å². The molecule has 0 saturated heterocycles. The van der Waals surface area contributed by atoms with Crippen LogP contribution in [0, 0.1) is 37.7 Å². The van der Waals surface area contributed by atoms with Gasteiger partial charge in [-0.05, 0) is 36.6 Å². The fourth-order valence-corrected chi connectivity index (χ4v) is 3.42. The second kappa shape index (κ2) is 12.1. The standard InChI is InChI=1S/C20H20N.C11H20O2.Ir/c1-5-16-12-17-9-13(2)6-7-19(17)21-20(16)18-10-14(3)8-15(4)11-18;1-10(2,3)8(12)7-9(13)11(4,5)6;/h6-10,12H,5H2,1-4H3;7,12H,1-6H3;/q-1;;/b;8-7-;. The van der Waals surface area contributed by atoms with Crippen molar-refractivity contribution >= 4 is 16.7 Å². The van der Waals surface area contributed by atoms with Crippen molar-refractivity contribution in [3.63, 3.8) is 0 Å². The normalized spacial score (nSPS) is 12.0. The SMILES string of the molecule is CC(C)(C)C(=O)/C=C(\O)C(C)(C)C.CCc1cc2cc(C)ccc2nc1-c1[c-]c(C)cc(C)c1.[Ir]. The van der Waals surface area contributed by atoms with E-state index < -0.39 is 5.41 Å². The number of ketones is 1. The Bertz CT molecular complexity index is 1190. The maximum absolute atomic E-state index is 11.5. The average molecular weight is 651 g/mol. The van der Waals surface area contributed by atoms with Gasteiger partial charge in [-0.3, -0.25) is 9.78 Å². The van der Waals surface area contributed by atoms with Crippen molar-refractivity contribution in [2.24, 2.45) is 10.8 Å². The van der Waals surface area contributed by atoms with Crippen LogP contribution >= 0.6 is 0 Å². The molecule has 0 aliphatic carbocycles. The number of nitrogens with zero attached hydrogens (tertiary/aromatic N) is 1. The molecule has 0 spiro atoms. The third kappa shape index (κ3) is 8.70. The van der Waals surface area contributed by atoms with Crippen molar-refractivity contribution in [3.05, 3.63) is 76.6 Å². The number of aliphatic hydroxyl groups excluding tert-OH is 1. The van der Waals surface area contributed by atoms with E-state index >= 15 is 0 Å². The van der Waals surface area contributed by atoms with Gasteiger partial charge in [-0.15, -0.1) is 34.9 Å². The van der Waals surface area contributed by atoms with E-state index in [9.17, 15) is 9.90 Å². The molecule has 3 nitrogen and oxygen atoms in total. The van der Waals surface area contributed by atoms with Gasteiger partial charge in [0, 0.05) is 37.0 Å². The smallest absolute Gasteiger partial charge is 0.164 e. The van der Waals surface area contributed by atoms with Gasteiger partial charge < -0.3 is 5.11 Å². The molecule has 35 heavy (non-hydrogen) atoms. The average Bonchev–Trinajstić information content (AvgIpc) is 2.71. The summed E-state index contributed by atoms with van der Waals surface area (Å²) in [6.07, 6.45) is 2.31. The third-order valence-electron chi connectivity index (χ3n) is 5.61. The number of rotatable bonds is 3. The zero-order valence-corrected chi connectivity index (χ0v) is 25.3. The van der Waals surface area contributed by atoms with Gasteiger partial charge in [0.05, 0.1) is 5.52 Å². The van der Waals surface area contributed by atoms with Crippen molar-refractivity contribution in [2.45, 2.75) is 75.7 Å². The second-order valence-electron chi connectivity index (χ2n) is 11.2. The maximum atomic E-state index is 11.5. The number of carbonyl (C=O) groups is 1. The number of allylic oxidation sites excluding steroid dienone is 2. The van der Waals surface area contributed by atoms with Gasteiger partial charge in [0.2, 0.25) is 0 Å². The summed E-state index contributed by atoms with van der Waals surface area (Å²) in [5, 5.41) is 10.8. The van der Waals surface area contributed by atoms with E-state index in [4.69, 9.17) is 4.98 Å². The minimum Gasteiger partial charge on any atom is -0.512 e. The van der Waals surface area contributed by atoms with E-state index in [1.807, 2.05) is 41.5 Å². The minimum atomic E-state index is -0.417. The van der Waals surface area contributed by atoms with E-state index in [-0.39, 0.29) is 37.1 Å². The molecule has 4 heteroatoms. The second-order valence-corrected chi connectivity index (χ2v) is 11.2. The molecule has 191 valence electrons. The van der Waals surface area contributed by atoms with Gasteiger partial charge >= 0.3 is 0 Å². The van der Waals surface area contributed by atoms with Gasteiger partial charge in [0.1, 0.15) is 5.76 Å². The molecule has 0 amide bonds. The van der Waals surface area contributed by atoms with E-state index in [2.05, 4.69) is 70.2 Å². The predicted octanol–water partition coefficient (Wildman–Crippen LogP) is 8.28. The van der Waals surface area contributed by atoms with Crippen molar-refractivity contribution in [2.75, 3.05) is 0 Å². The van der Waals surface area contributed by atoms with E-state index in [1.54, 1.807) is 0 Å². The van der Waals surface area contributed by atoms with Gasteiger partial charge in [0.15, 0.2) is 5.78 Å². The Morgan fingerprint density at radius 1 is 0.943 bits per heavy atom. The minimum absolute atomic E-state index is 0. The summed E-state index contributed by atoms with van der Waals surface area (Å²) in [6, 6.07) is 16.5. The van der Waals surface area contributed by atoms with Crippen molar-refractivity contribution < 1.29 is 30.0 Å². The van der Waals surface area contributed by atoms with E-state index in [0.717, 1.165) is 28.8 Å². The van der Waals surface area contributed by atoms with Gasteiger partial charge in [-0.1, -0.05) is 85.6 Å². The van der Waals surface area contributed by atoms with Crippen LogP contribution in [-0.4, -0.2) is 15.9 Å². The summed E-state index contributed by atoms with van der Waals surface area (Å²) in [5.74, 6) is 0.104. The van der Waals surface area contributed by atoms with Crippen LogP contribution < -0.4 is 0 Å². The van der Waals surface area contributed by atoms with Crippen LogP contribution in [0.4, 0.5) is 0 Å². The Balaban J connectivity index is 0.000000383. The molecular formula is C31H40IrNO2-. The number of benzene rings is 2.